The zero-order valence-corrected chi connectivity index (χ0v) is 13.3. The van der Waals surface area contributed by atoms with E-state index in [1.807, 2.05) is 12.1 Å². The van der Waals surface area contributed by atoms with Gasteiger partial charge in [0.1, 0.15) is 0 Å². The Balaban J connectivity index is 2.23. The van der Waals surface area contributed by atoms with E-state index in [1.165, 1.54) is 12.1 Å². The molecule has 0 atom stereocenters. The maximum atomic E-state index is 12.3. The van der Waals surface area contributed by atoms with Gasteiger partial charge in [0.05, 0.1) is 5.69 Å². The van der Waals surface area contributed by atoms with Crippen LogP contribution in [-0.4, -0.2) is 0 Å². The van der Waals surface area contributed by atoms with Crippen molar-refractivity contribution in [2.24, 2.45) is 5.10 Å². The fourth-order valence-corrected chi connectivity index (χ4v) is 2.66. The summed E-state index contributed by atoms with van der Waals surface area (Å²) < 4.78 is 0.977. The summed E-state index contributed by atoms with van der Waals surface area (Å²) in [4.78, 5) is 36.4. The molecule has 0 saturated heterocycles. The van der Waals surface area contributed by atoms with E-state index in [1.54, 1.807) is 24.3 Å². The number of hydrogen-bond acceptors (Lipinski definition) is 5. The first-order valence-electron chi connectivity index (χ1n) is 6.40. The number of halogens is 1. The smallest absolute Gasteiger partial charge is 0.257 e. The number of anilines is 1. The van der Waals surface area contributed by atoms with Crippen LogP contribution >= 0.6 is 22.6 Å². The van der Waals surface area contributed by atoms with E-state index < -0.39 is 16.3 Å². The molecule has 5 nitrogen and oxygen atoms in total. The molecule has 0 aromatic heterocycles. The van der Waals surface area contributed by atoms with Crippen molar-refractivity contribution < 1.29 is 0 Å². The van der Waals surface area contributed by atoms with Crippen LogP contribution in [0.15, 0.2) is 68.0 Å². The van der Waals surface area contributed by atoms with E-state index in [2.05, 4.69) is 33.1 Å². The van der Waals surface area contributed by atoms with Gasteiger partial charge in [-0.15, -0.1) is 0 Å². The Morgan fingerprint density at radius 2 is 1.50 bits per heavy atom. The summed E-state index contributed by atoms with van der Waals surface area (Å²) in [6.07, 6.45) is 0. The third-order valence-corrected chi connectivity index (χ3v) is 3.85. The van der Waals surface area contributed by atoms with E-state index in [9.17, 15) is 14.4 Å². The van der Waals surface area contributed by atoms with Crippen molar-refractivity contribution in [1.82, 2.24) is 0 Å². The molecule has 108 valence electrons. The van der Waals surface area contributed by atoms with Crippen LogP contribution in [-0.2, 0) is 0 Å². The molecule has 0 aliphatic rings. The largest absolute Gasteiger partial charge is 0.287 e. The lowest BCUT2D eigenvalue weighted by atomic mass is 10.1. The summed E-state index contributed by atoms with van der Waals surface area (Å²) in [6, 6.07) is 13.5. The van der Waals surface area contributed by atoms with Crippen molar-refractivity contribution in [3.05, 3.63) is 88.1 Å². The van der Waals surface area contributed by atoms with Gasteiger partial charge in [-0.2, -0.15) is 5.10 Å². The molecule has 3 aromatic carbocycles. The van der Waals surface area contributed by atoms with E-state index in [0.29, 0.717) is 5.69 Å². The Kier molecular flexibility index (Phi) is 3.84. The first kappa shape index (κ1) is 14.6. The number of rotatable bonds is 2. The minimum absolute atomic E-state index is 0.130. The van der Waals surface area contributed by atoms with Crippen molar-refractivity contribution in [3.63, 3.8) is 0 Å². The van der Waals surface area contributed by atoms with Crippen molar-refractivity contribution >= 4 is 39.1 Å². The lowest BCUT2D eigenvalue weighted by molar-refractivity contribution is 1.17. The van der Waals surface area contributed by atoms with Crippen LogP contribution in [0.5, 0.6) is 0 Å². The molecule has 3 rings (SSSR count). The second-order valence-electron chi connectivity index (χ2n) is 4.62. The van der Waals surface area contributed by atoms with Crippen LogP contribution in [0.3, 0.4) is 0 Å². The molecule has 0 aliphatic carbocycles. The summed E-state index contributed by atoms with van der Waals surface area (Å²) in [5.74, 6) is 0. The average molecular weight is 404 g/mol. The fraction of sp³-hybridized carbons (Fsp3) is 0. The summed E-state index contributed by atoms with van der Waals surface area (Å²) in [5, 5.41) is 3.80. The highest BCUT2D eigenvalue weighted by Crippen LogP contribution is 2.11. The van der Waals surface area contributed by atoms with Crippen LogP contribution in [0, 0.1) is 3.57 Å². The van der Waals surface area contributed by atoms with Crippen molar-refractivity contribution in [1.29, 1.82) is 0 Å². The Morgan fingerprint density at radius 3 is 2.18 bits per heavy atom. The molecule has 0 fully saturated rings. The van der Waals surface area contributed by atoms with Gasteiger partial charge in [0.15, 0.2) is 5.36 Å². The molecule has 0 bridgehead atoms. The van der Waals surface area contributed by atoms with E-state index in [-0.39, 0.29) is 16.1 Å². The predicted molar refractivity (Wildman–Crippen MR) is 93.5 cm³/mol. The topological polar surface area (TPSA) is 75.6 Å². The maximum absolute atomic E-state index is 12.3. The van der Waals surface area contributed by atoms with Gasteiger partial charge in [0, 0.05) is 14.3 Å². The van der Waals surface area contributed by atoms with Gasteiger partial charge in [0.25, 0.3) is 5.43 Å². The number of nitrogens with zero attached hydrogens (tertiary/aromatic N) is 1. The first-order valence-corrected chi connectivity index (χ1v) is 7.48. The number of fused-ring (bicyclic) bond motifs is 1. The molecule has 6 heteroatoms. The van der Waals surface area contributed by atoms with Crippen molar-refractivity contribution in [2.45, 2.75) is 0 Å². The molecular weight excluding hydrogens is 395 g/mol. The van der Waals surface area contributed by atoms with E-state index in [4.69, 9.17) is 0 Å². The number of nitrogens with one attached hydrogen (secondary N) is 1. The normalized spacial score (nSPS) is 11.8. The lowest BCUT2D eigenvalue weighted by Crippen LogP contribution is -2.48. The third-order valence-electron chi connectivity index (χ3n) is 3.17. The zero-order valence-electron chi connectivity index (χ0n) is 11.2. The Hall–Kier alpha value is -2.35. The Bertz CT molecular complexity index is 1080. The molecule has 1 N–H and O–H groups in total. The highest BCUT2D eigenvalue weighted by Gasteiger charge is 2.10. The molecule has 0 spiro atoms. The number of hydrogen-bond donors (Lipinski definition) is 1. The lowest BCUT2D eigenvalue weighted by Gasteiger charge is -2.00. The molecule has 0 saturated carbocycles. The van der Waals surface area contributed by atoms with Gasteiger partial charge < -0.3 is 0 Å². The average Bonchev–Trinajstić information content (AvgIpc) is 2.53. The monoisotopic (exact) mass is 404 g/mol. The van der Waals surface area contributed by atoms with E-state index in [0.717, 1.165) is 3.57 Å². The highest BCUT2D eigenvalue weighted by molar-refractivity contribution is 14.1. The van der Waals surface area contributed by atoms with Crippen molar-refractivity contribution in [3.8, 4) is 0 Å². The van der Waals surface area contributed by atoms with Gasteiger partial charge in [-0.1, -0.05) is 30.3 Å². The van der Waals surface area contributed by atoms with Crippen LogP contribution in [0.4, 0.5) is 5.69 Å². The first-order chi connectivity index (χ1) is 10.6. The Labute approximate surface area is 137 Å². The summed E-state index contributed by atoms with van der Waals surface area (Å²) >= 11 is 2.13. The summed E-state index contributed by atoms with van der Waals surface area (Å²) in [6.45, 7) is 0. The third kappa shape index (κ3) is 2.57. The summed E-state index contributed by atoms with van der Waals surface area (Å²) in [5.41, 5.74) is 1.15. The van der Waals surface area contributed by atoms with Crippen LogP contribution in [0.2, 0.25) is 0 Å². The quantitative estimate of drug-likeness (QED) is 0.397. The van der Waals surface area contributed by atoms with Crippen LogP contribution in [0.1, 0.15) is 0 Å². The maximum Gasteiger partial charge on any atom is 0.257 e. The minimum Gasteiger partial charge on any atom is -0.287 e. The van der Waals surface area contributed by atoms with E-state index >= 15 is 0 Å². The molecule has 3 aromatic rings. The minimum atomic E-state index is -0.887. The van der Waals surface area contributed by atoms with Crippen molar-refractivity contribution in [2.75, 3.05) is 5.43 Å². The molecule has 0 radical (unpaired) electrons. The molecule has 22 heavy (non-hydrogen) atoms. The highest BCUT2D eigenvalue weighted by atomic mass is 127. The number of benzene rings is 3. The predicted octanol–water partition coefficient (Wildman–Crippen LogP) is 1.33. The van der Waals surface area contributed by atoms with Crippen LogP contribution in [0.25, 0.3) is 10.8 Å². The SMILES string of the molecule is O=c1c(=NNc2cccc(I)c2)c(=O)c2ccccc2c1=O. The van der Waals surface area contributed by atoms with Gasteiger partial charge in [-0.25, -0.2) is 0 Å². The fourth-order valence-electron chi connectivity index (χ4n) is 2.12. The molecule has 0 heterocycles. The second kappa shape index (κ2) is 5.80. The Morgan fingerprint density at radius 1 is 0.818 bits per heavy atom. The van der Waals surface area contributed by atoms with Gasteiger partial charge in [-0.05, 0) is 40.8 Å². The standard InChI is InChI=1S/C16H9IN2O3/c17-9-4-3-5-10(8-9)18-19-13-14(20)11-6-1-2-7-12(11)15(21)16(13)22/h1-8,18H. The van der Waals surface area contributed by atoms with Gasteiger partial charge in [0.2, 0.25) is 10.9 Å². The molecular formula is C16H9IN2O3. The molecule has 0 aliphatic heterocycles. The molecule has 0 unspecified atom stereocenters. The molecule has 0 amide bonds. The summed E-state index contributed by atoms with van der Waals surface area (Å²) in [7, 11) is 0. The second-order valence-corrected chi connectivity index (χ2v) is 5.86. The van der Waals surface area contributed by atoms with Gasteiger partial charge >= 0.3 is 0 Å². The van der Waals surface area contributed by atoms with Gasteiger partial charge in [-0.3, -0.25) is 19.8 Å². The zero-order chi connectivity index (χ0) is 15.7. The van der Waals surface area contributed by atoms with Crippen LogP contribution < -0.4 is 27.1 Å².